The van der Waals surface area contributed by atoms with Crippen molar-refractivity contribution in [1.29, 1.82) is 0 Å². The highest BCUT2D eigenvalue weighted by Crippen LogP contribution is 2.15. The van der Waals surface area contributed by atoms with E-state index in [1.165, 1.54) is 18.4 Å². The monoisotopic (exact) mass is 220 g/mol. The Labute approximate surface area is 97.2 Å². The van der Waals surface area contributed by atoms with Crippen LogP contribution >= 0.6 is 0 Å². The first kappa shape index (κ1) is 11.6. The summed E-state index contributed by atoms with van der Waals surface area (Å²) in [5.74, 6) is 0. The molecule has 0 radical (unpaired) electrons. The lowest BCUT2D eigenvalue weighted by molar-refractivity contribution is 0.0839. The summed E-state index contributed by atoms with van der Waals surface area (Å²) in [5, 5.41) is 3.52. The lowest BCUT2D eigenvalue weighted by Gasteiger charge is -2.19. The second-order valence-corrected chi connectivity index (χ2v) is 4.41. The van der Waals surface area contributed by atoms with Crippen LogP contribution in [-0.4, -0.2) is 30.3 Å². The van der Waals surface area contributed by atoms with Crippen molar-refractivity contribution >= 4 is 0 Å². The fourth-order valence-electron chi connectivity index (χ4n) is 2.12. The maximum Gasteiger partial charge on any atom is 0.0726 e. The van der Waals surface area contributed by atoms with Crippen LogP contribution in [0.4, 0.5) is 0 Å². The van der Waals surface area contributed by atoms with E-state index in [0.717, 1.165) is 19.6 Å². The molecule has 1 N–H and O–H groups in total. The van der Waals surface area contributed by atoms with Gasteiger partial charge in [-0.25, -0.2) is 0 Å². The van der Waals surface area contributed by atoms with Crippen molar-refractivity contribution < 1.29 is 4.74 Å². The Balaban J connectivity index is 1.67. The minimum Gasteiger partial charge on any atom is -0.377 e. The Hall–Kier alpha value is -0.930. The van der Waals surface area contributed by atoms with E-state index in [9.17, 15) is 0 Å². The number of ether oxygens (including phenoxy) is 1. The third-order valence-corrected chi connectivity index (χ3v) is 3.13. The first-order chi connectivity index (χ1) is 7.86. The SMILES string of the molecule is CC(NCCc1cccnc1)C1CCCO1. The van der Waals surface area contributed by atoms with E-state index in [1.54, 1.807) is 0 Å². The van der Waals surface area contributed by atoms with Crippen LogP contribution in [0.15, 0.2) is 24.5 Å². The van der Waals surface area contributed by atoms with Gasteiger partial charge >= 0.3 is 0 Å². The molecule has 2 unspecified atom stereocenters. The average molecular weight is 220 g/mol. The summed E-state index contributed by atoms with van der Waals surface area (Å²) in [7, 11) is 0. The molecule has 0 aromatic carbocycles. The number of nitrogens with zero attached hydrogens (tertiary/aromatic N) is 1. The second-order valence-electron chi connectivity index (χ2n) is 4.41. The summed E-state index contributed by atoms with van der Waals surface area (Å²) >= 11 is 0. The summed E-state index contributed by atoms with van der Waals surface area (Å²) < 4.78 is 5.64. The van der Waals surface area contributed by atoms with Crippen molar-refractivity contribution in [1.82, 2.24) is 10.3 Å². The largest absolute Gasteiger partial charge is 0.377 e. The van der Waals surface area contributed by atoms with Gasteiger partial charge in [-0.05, 0) is 44.4 Å². The fraction of sp³-hybridized carbons (Fsp3) is 0.615. The highest BCUT2D eigenvalue weighted by atomic mass is 16.5. The number of aromatic nitrogens is 1. The number of hydrogen-bond acceptors (Lipinski definition) is 3. The second kappa shape index (κ2) is 5.97. The predicted octanol–water partition coefficient (Wildman–Crippen LogP) is 1.78. The quantitative estimate of drug-likeness (QED) is 0.821. The minimum atomic E-state index is 0.411. The van der Waals surface area contributed by atoms with Gasteiger partial charge in [-0.3, -0.25) is 4.98 Å². The van der Waals surface area contributed by atoms with E-state index in [0.29, 0.717) is 12.1 Å². The summed E-state index contributed by atoms with van der Waals surface area (Å²) in [4.78, 5) is 4.11. The molecule has 1 aromatic rings. The lowest BCUT2D eigenvalue weighted by Crippen LogP contribution is -2.38. The molecule has 1 aromatic heterocycles. The molecule has 16 heavy (non-hydrogen) atoms. The van der Waals surface area contributed by atoms with Crippen LogP contribution in [0.1, 0.15) is 25.3 Å². The Morgan fingerprint density at radius 1 is 1.62 bits per heavy atom. The van der Waals surface area contributed by atoms with E-state index >= 15 is 0 Å². The van der Waals surface area contributed by atoms with Crippen LogP contribution in [0.2, 0.25) is 0 Å². The van der Waals surface area contributed by atoms with Gasteiger partial charge in [0.25, 0.3) is 0 Å². The van der Waals surface area contributed by atoms with Crippen LogP contribution in [0, 0.1) is 0 Å². The fourth-order valence-corrected chi connectivity index (χ4v) is 2.12. The Bertz CT molecular complexity index is 296. The van der Waals surface area contributed by atoms with Gasteiger partial charge in [0.2, 0.25) is 0 Å². The maximum atomic E-state index is 5.64. The molecule has 0 spiro atoms. The molecule has 1 fully saturated rings. The molecule has 2 atom stereocenters. The maximum absolute atomic E-state index is 5.64. The van der Waals surface area contributed by atoms with Crippen molar-refractivity contribution in [2.45, 2.75) is 38.3 Å². The van der Waals surface area contributed by atoms with E-state index < -0.39 is 0 Å². The third kappa shape index (κ3) is 3.29. The molecule has 0 saturated carbocycles. The summed E-state index contributed by atoms with van der Waals surface area (Å²) in [5.41, 5.74) is 1.29. The van der Waals surface area contributed by atoms with Crippen molar-refractivity contribution in [2.75, 3.05) is 13.2 Å². The normalized spacial score (nSPS) is 22.2. The summed E-state index contributed by atoms with van der Waals surface area (Å²) in [6, 6.07) is 4.56. The topological polar surface area (TPSA) is 34.2 Å². The highest BCUT2D eigenvalue weighted by Gasteiger charge is 2.21. The highest BCUT2D eigenvalue weighted by molar-refractivity contribution is 5.08. The number of pyridine rings is 1. The first-order valence-electron chi connectivity index (χ1n) is 6.10. The molecule has 1 aliphatic heterocycles. The van der Waals surface area contributed by atoms with Crippen LogP contribution < -0.4 is 5.32 Å². The van der Waals surface area contributed by atoms with E-state index in [-0.39, 0.29) is 0 Å². The molecule has 1 saturated heterocycles. The molecule has 2 rings (SSSR count). The number of rotatable bonds is 5. The van der Waals surface area contributed by atoms with Crippen molar-refractivity contribution in [2.24, 2.45) is 0 Å². The van der Waals surface area contributed by atoms with Gasteiger partial charge < -0.3 is 10.1 Å². The molecule has 3 nitrogen and oxygen atoms in total. The molecule has 3 heteroatoms. The first-order valence-corrected chi connectivity index (χ1v) is 6.10. The minimum absolute atomic E-state index is 0.411. The third-order valence-electron chi connectivity index (χ3n) is 3.13. The van der Waals surface area contributed by atoms with Crippen LogP contribution in [-0.2, 0) is 11.2 Å². The molecule has 2 heterocycles. The predicted molar refractivity (Wildman–Crippen MR) is 64.4 cm³/mol. The average Bonchev–Trinajstić information content (AvgIpc) is 2.84. The Kier molecular flexibility index (Phi) is 4.31. The molecule has 88 valence electrons. The van der Waals surface area contributed by atoms with Gasteiger partial charge in [0.1, 0.15) is 0 Å². The molecule has 0 amide bonds. The smallest absolute Gasteiger partial charge is 0.0726 e. The number of nitrogens with one attached hydrogen (secondary N) is 1. The van der Waals surface area contributed by atoms with Crippen molar-refractivity contribution in [3.05, 3.63) is 30.1 Å². The summed E-state index contributed by atoms with van der Waals surface area (Å²) in [6.07, 6.45) is 7.59. The zero-order valence-corrected chi connectivity index (χ0v) is 9.86. The number of hydrogen-bond donors (Lipinski definition) is 1. The van der Waals surface area contributed by atoms with Gasteiger partial charge in [-0.2, -0.15) is 0 Å². The van der Waals surface area contributed by atoms with Gasteiger partial charge in [-0.1, -0.05) is 6.07 Å². The molecular weight excluding hydrogens is 200 g/mol. The van der Waals surface area contributed by atoms with Crippen LogP contribution in [0.5, 0.6) is 0 Å². The van der Waals surface area contributed by atoms with E-state index in [1.807, 2.05) is 18.5 Å². The van der Waals surface area contributed by atoms with Gasteiger partial charge in [0.15, 0.2) is 0 Å². The molecule has 0 bridgehead atoms. The van der Waals surface area contributed by atoms with E-state index in [4.69, 9.17) is 4.74 Å². The zero-order chi connectivity index (χ0) is 11.2. The Morgan fingerprint density at radius 3 is 3.25 bits per heavy atom. The van der Waals surface area contributed by atoms with Crippen LogP contribution in [0.3, 0.4) is 0 Å². The van der Waals surface area contributed by atoms with Gasteiger partial charge in [0.05, 0.1) is 6.10 Å². The standard InChI is InChI=1S/C13H20N2O/c1-11(13-5-3-9-16-13)15-8-6-12-4-2-7-14-10-12/h2,4,7,10-11,13,15H,3,5-6,8-9H2,1H3. The van der Waals surface area contributed by atoms with Gasteiger partial charge in [0, 0.05) is 25.0 Å². The van der Waals surface area contributed by atoms with Crippen molar-refractivity contribution in [3.63, 3.8) is 0 Å². The Morgan fingerprint density at radius 2 is 2.56 bits per heavy atom. The van der Waals surface area contributed by atoms with Crippen molar-refractivity contribution in [3.8, 4) is 0 Å². The molecule has 0 aliphatic carbocycles. The van der Waals surface area contributed by atoms with E-state index in [2.05, 4.69) is 23.3 Å². The molecule has 1 aliphatic rings. The van der Waals surface area contributed by atoms with Gasteiger partial charge in [-0.15, -0.1) is 0 Å². The summed E-state index contributed by atoms with van der Waals surface area (Å²) in [6.45, 7) is 4.13. The zero-order valence-electron chi connectivity index (χ0n) is 9.86. The molecular formula is C13H20N2O. The lowest BCUT2D eigenvalue weighted by atomic mass is 10.1. The van der Waals surface area contributed by atoms with Crippen LogP contribution in [0.25, 0.3) is 0 Å².